The van der Waals surface area contributed by atoms with Crippen LogP contribution in [0.1, 0.15) is 50.9 Å². The highest BCUT2D eigenvalue weighted by atomic mass is 16.5. The molecule has 0 aliphatic rings. The molecule has 0 spiro atoms. The maximum Gasteiger partial charge on any atom is 0.163 e. The fourth-order valence-corrected chi connectivity index (χ4v) is 2.89. The summed E-state index contributed by atoms with van der Waals surface area (Å²) < 4.78 is 5.75. The van der Waals surface area contributed by atoms with Gasteiger partial charge in [0.25, 0.3) is 0 Å². The summed E-state index contributed by atoms with van der Waals surface area (Å²) in [4.78, 5) is 12.4. The lowest BCUT2D eigenvalue weighted by atomic mass is 9.83. The standard InChI is InChI=1S/C21H26O2/c1-16(15-21(2,3)4)14-20(22)17-10-12-19(13-11-17)23-18-8-6-5-7-9-18/h5-13,16H,14-15H2,1-4H3. The molecule has 2 heteroatoms. The molecule has 0 N–H and O–H groups in total. The number of para-hydroxylation sites is 1. The summed E-state index contributed by atoms with van der Waals surface area (Å²) in [7, 11) is 0. The molecule has 0 bridgehead atoms. The van der Waals surface area contributed by atoms with Crippen LogP contribution in [0.25, 0.3) is 0 Å². The minimum Gasteiger partial charge on any atom is -0.457 e. The van der Waals surface area contributed by atoms with Crippen molar-refractivity contribution in [2.75, 3.05) is 0 Å². The first-order chi connectivity index (χ1) is 10.8. The van der Waals surface area contributed by atoms with Gasteiger partial charge < -0.3 is 4.74 Å². The lowest BCUT2D eigenvalue weighted by molar-refractivity contribution is 0.0954. The monoisotopic (exact) mass is 310 g/mol. The molecule has 0 aromatic heterocycles. The molecule has 2 nitrogen and oxygen atoms in total. The Morgan fingerprint density at radius 1 is 0.957 bits per heavy atom. The van der Waals surface area contributed by atoms with E-state index in [4.69, 9.17) is 4.74 Å². The van der Waals surface area contributed by atoms with Crippen molar-refractivity contribution >= 4 is 5.78 Å². The van der Waals surface area contributed by atoms with E-state index in [-0.39, 0.29) is 11.2 Å². The summed E-state index contributed by atoms with van der Waals surface area (Å²) in [5.74, 6) is 2.14. The van der Waals surface area contributed by atoms with Crippen molar-refractivity contribution in [1.29, 1.82) is 0 Å². The number of carbonyl (C=O) groups excluding carboxylic acids is 1. The Kier molecular flexibility index (Phi) is 5.59. The van der Waals surface area contributed by atoms with Gasteiger partial charge in [-0.25, -0.2) is 0 Å². The Labute approximate surface area is 139 Å². The number of carbonyl (C=O) groups is 1. The van der Waals surface area contributed by atoms with Gasteiger partial charge in [0.2, 0.25) is 0 Å². The fraction of sp³-hybridized carbons (Fsp3) is 0.381. The van der Waals surface area contributed by atoms with E-state index in [1.165, 1.54) is 0 Å². The Hall–Kier alpha value is -2.09. The zero-order chi connectivity index (χ0) is 16.9. The van der Waals surface area contributed by atoms with E-state index in [0.717, 1.165) is 23.5 Å². The van der Waals surface area contributed by atoms with Crippen LogP contribution in [0, 0.1) is 11.3 Å². The lowest BCUT2D eigenvalue weighted by Crippen LogP contribution is -2.14. The molecule has 2 aromatic carbocycles. The number of hydrogen-bond donors (Lipinski definition) is 0. The Morgan fingerprint density at radius 2 is 1.52 bits per heavy atom. The quantitative estimate of drug-likeness (QED) is 0.600. The van der Waals surface area contributed by atoms with Crippen LogP contribution in [0.5, 0.6) is 11.5 Å². The molecule has 23 heavy (non-hydrogen) atoms. The van der Waals surface area contributed by atoms with Gasteiger partial charge in [0.15, 0.2) is 5.78 Å². The van der Waals surface area contributed by atoms with E-state index in [2.05, 4.69) is 27.7 Å². The fourth-order valence-electron chi connectivity index (χ4n) is 2.89. The maximum absolute atomic E-state index is 12.4. The van der Waals surface area contributed by atoms with Gasteiger partial charge in [-0.3, -0.25) is 4.79 Å². The molecular formula is C21H26O2. The molecule has 0 aliphatic carbocycles. The molecule has 0 heterocycles. The molecule has 0 saturated carbocycles. The van der Waals surface area contributed by atoms with Crippen LogP contribution < -0.4 is 4.74 Å². The van der Waals surface area contributed by atoms with Crippen LogP contribution in [0.4, 0.5) is 0 Å². The SMILES string of the molecule is CC(CC(=O)c1ccc(Oc2ccccc2)cc1)CC(C)(C)C. The van der Waals surface area contributed by atoms with E-state index < -0.39 is 0 Å². The third kappa shape index (κ3) is 5.90. The van der Waals surface area contributed by atoms with Gasteiger partial charge in [0, 0.05) is 12.0 Å². The van der Waals surface area contributed by atoms with Crippen molar-refractivity contribution in [2.24, 2.45) is 11.3 Å². The summed E-state index contributed by atoms with van der Waals surface area (Å²) >= 11 is 0. The molecule has 0 saturated heterocycles. The highest BCUT2D eigenvalue weighted by Gasteiger charge is 2.18. The second kappa shape index (κ2) is 7.45. The summed E-state index contributed by atoms with van der Waals surface area (Å²) in [6.45, 7) is 8.78. The van der Waals surface area contributed by atoms with E-state index in [9.17, 15) is 4.79 Å². The Morgan fingerprint density at radius 3 is 2.09 bits per heavy atom. The average Bonchev–Trinajstić information content (AvgIpc) is 2.47. The Balaban J connectivity index is 1.95. The highest BCUT2D eigenvalue weighted by Crippen LogP contribution is 2.27. The first kappa shape index (κ1) is 17.3. The molecular weight excluding hydrogens is 284 g/mol. The molecule has 0 amide bonds. The summed E-state index contributed by atoms with van der Waals surface area (Å²) in [5, 5.41) is 0. The number of rotatable bonds is 6. The minimum atomic E-state index is 0.202. The average molecular weight is 310 g/mol. The van der Waals surface area contributed by atoms with Crippen LogP contribution in [0.3, 0.4) is 0 Å². The maximum atomic E-state index is 12.4. The van der Waals surface area contributed by atoms with Crippen molar-refractivity contribution < 1.29 is 9.53 Å². The number of benzene rings is 2. The van der Waals surface area contributed by atoms with E-state index >= 15 is 0 Å². The number of ketones is 1. The van der Waals surface area contributed by atoms with Crippen molar-refractivity contribution in [2.45, 2.75) is 40.5 Å². The molecule has 2 rings (SSSR count). The zero-order valence-corrected chi connectivity index (χ0v) is 14.5. The van der Waals surface area contributed by atoms with Crippen LogP contribution in [-0.4, -0.2) is 5.78 Å². The molecule has 1 unspecified atom stereocenters. The topological polar surface area (TPSA) is 26.3 Å². The molecule has 0 aliphatic heterocycles. The Bertz CT molecular complexity index is 621. The second-order valence-electron chi connectivity index (χ2n) is 7.44. The first-order valence-corrected chi connectivity index (χ1v) is 8.20. The molecule has 2 aromatic rings. The van der Waals surface area contributed by atoms with Gasteiger partial charge in [-0.1, -0.05) is 45.9 Å². The normalized spacial score (nSPS) is 12.7. The van der Waals surface area contributed by atoms with Gasteiger partial charge in [-0.05, 0) is 54.2 Å². The third-order valence-corrected chi connectivity index (χ3v) is 3.65. The first-order valence-electron chi connectivity index (χ1n) is 8.20. The van der Waals surface area contributed by atoms with Gasteiger partial charge in [-0.2, -0.15) is 0 Å². The van der Waals surface area contributed by atoms with Crippen molar-refractivity contribution in [1.82, 2.24) is 0 Å². The van der Waals surface area contributed by atoms with Crippen molar-refractivity contribution in [3.05, 3.63) is 60.2 Å². The molecule has 1 atom stereocenters. The van der Waals surface area contributed by atoms with Crippen molar-refractivity contribution in [3.8, 4) is 11.5 Å². The number of Topliss-reactive ketones (excluding diaryl/α,β-unsaturated/α-hetero) is 1. The zero-order valence-electron chi connectivity index (χ0n) is 14.5. The van der Waals surface area contributed by atoms with Crippen LogP contribution in [0.2, 0.25) is 0 Å². The van der Waals surface area contributed by atoms with E-state index in [1.807, 2.05) is 54.6 Å². The van der Waals surface area contributed by atoms with Gasteiger partial charge >= 0.3 is 0 Å². The van der Waals surface area contributed by atoms with Crippen LogP contribution >= 0.6 is 0 Å². The second-order valence-corrected chi connectivity index (χ2v) is 7.44. The summed E-state index contributed by atoms with van der Waals surface area (Å²) in [5.41, 5.74) is 1.01. The minimum absolute atomic E-state index is 0.202. The smallest absolute Gasteiger partial charge is 0.163 e. The predicted molar refractivity (Wildman–Crippen MR) is 95.1 cm³/mol. The van der Waals surface area contributed by atoms with E-state index in [0.29, 0.717) is 12.3 Å². The lowest BCUT2D eigenvalue weighted by Gasteiger charge is -2.22. The van der Waals surface area contributed by atoms with Crippen LogP contribution in [0.15, 0.2) is 54.6 Å². The summed E-state index contributed by atoms with van der Waals surface area (Å²) in [6, 6.07) is 17.1. The number of ether oxygens (including phenoxy) is 1. The largest absolute Gasteiger partial charge is 0.457 e. The number of hydrogen-bond acceptors (Lipinski definition) is 2. The highest BCUT2D eigenvalue weighted by molar-refractivity contribution is 5.96. The van der Waals surface area contributed by atoms with Gasteiger partial charge in [0.1, 0.15) is 11.5 Å². The molecule has 0 radical (unpaired) electrons. The van der Waals surface area contributed by atoms with Gasteiger partial charge in [-0.15, -0.1) is 0 Å². The van der Waals surface area contributed by atoms with Crippen LogP contribution in [-0.2, 0) is 0 Å². The van der Waals surface area contributed by atoms with Crippen molar-refractivity contribution in [3.63, 3.8) is 0 Å². The third-order valence-electron chi connectivity index (χ3n) is 3.65. The predicted octanol–water partition coefficient (Wildman–Crippen LogP) is 6.12. The van der Waals surface area contributed by atoms with Gasteiger partial charge in [0.05, 0.1) is 0 Å². The molecule has 0 fully saturated rings. The molecule has 122 valence electrons. The summed E-state index contributed by atoms with van der Waals surface area (Å²) in [6.07, 6.45) is 1.64. The van der Waals surface area contributed by atoms with E-state index in [1.54, 1.807) is 0 Å².